The van der Waals surface area contributed by atoms with Gasteiger partial charge in [-0.25, -0.2) is 0 Å². The van der Waals surface area contributed by atoms with Gasteiger partial charge in [-0.1, -0.05) is 6.07 Å². The Hall–Kier alpha value is -1.79. The van der Waals surface area contributed by atoms with Gasteiger partial charge in [-0.3, -0.25) is 9.69 Å². The van der Waals surface area contributed by atoms with Crippen molar-refractivity contribution in [2.75, 3.05) is 40.3 Å². The number of benzene rings is 1. The van der Waals surface area contributed by atoms with Gasteiger partial charge in [-0.05, 0) is 76.5 Å². The molecule has 6 heteroatoms. The molecule has 4 aliphatic rings. The molecule has 152 valence electrons. The number of nitrogens with zero attached hydrogens (tertiary/aromatic N) is 3. The van der Waals surface area contributed by atoms with Crippen molar-refractivity contribution in [2.45, 2.75) is 49.7 Å². The summed E-state index contributed by atoms with van der Waals surface area (Å²) in [5.41, 5.74) is 0.802. The summed E-state index contributed by atoms with van der Waals surface area (Å²) in [5, 5.41) is 10.3. The summed E-state index contributed by atoms with van der Waals surface area (Å²) < 4.78 is 5.20. The number of amides is 1. The SMILES string of the molecule is COc1ccc([C@@H]2C[C@H]3CN(C4CCN(C)CC4)C(=O)[C@]34CCCN24)cc1O. The monoisotopic (exact) mass is 385 g/mol. The number of hydrogen-bond donors (Lipinski definition) is 1. The number of hydrogen-bond acceptors (Lipinski definition) is 5. The summed E-state index contributed by atoms with van der Waals surface area (Å²) in [6.07, 6.45) is 5.27. The number of phenolic OH excluding ortho intramolecular Hbond substituents is 1. The summed E-state index contributed by atoms with van der Waals surface area (Å²) in [6.45, 7) is 4.05. The van der Waals surface area contributed by atoms with E-state index in [-0.39, 0.29) is 17.3 Å². The average molecular weight is 386 g/mol. The van der Waals surface area contributed by atoms with E-state index in [9.17, 15) is 9.90 Å². The van der Waals surface area contributed by atoms with Crippen LogP contribution < -0.4 is 4.74 Å². The third-order valence-corrected chi connectivity index (χ3v) is 7.79. The van der Waals surface area contributed by atoms with Crippen LogP contribution in [0.2, 0.25) is 0 Å². The maximum atomic E-state index is 13.7. The summed E-state index contributed by atoms with van der Waals surface area (Å²) in [7, 11) is 3.74. The highest BCUT2D eigenvalue weighted by molar-refractivity contribution is 5.90. The molecule has 4 saturated heterocycles. The minimum Gasteiger partial charge on any atom is -0.504 e. The van der Waals surface area contributed by atoms with Crippen LogP contribution in [0.5, 0.6) is 11.5 Å². The summed E-state index contributed by atoms with van der Waals surface area (Å²) in [6, 6.07) is 6.35. The maximum Gasteiger partial charge on any atom is 0.243 e. The van der Waals surface area contributed by atoms with Gasteiger partial charge in [0.05, 0.1) is 7.11 Å². The lowest BCUT2D eigenvalue weighted by atomic mass is 9.85. The molecule has 28 heavy (non-hydrogen) atoms. The van der Waals surface area contributed by atoms with Crippen LogP contribution in [0.1, 0.15) is 43.7 Å². The molecule has 3 atom stereocenters. The van der Waals surface area contributed by atoms with Gasteiger partial charge in [0.25, 0.3) is 0 Å². The van der Waals surface area contributed by atoms with E-state index < -0.39 is 0 Å². The molecule has 6 nitrogen and oxygen atoms in total. The number of carbonyl (C=O) groups is 1. The standard InChI is InChI=1S/C22H31N3O3/c1-23-10-6-17(7-11-23)24-14-16-13-18(15-4-5-20(28-2)19(26)12-15)25-9-3-8-22(16,25)21(24)27/h4-5,12,16-18,26H,3,6-11,13-14H2,1-2H3/t16-,18-,22-/m0/s1. The molecular formula is C22H31N3O3. The van der Waals surface area contributed by atoms with Crippen LogP contribution in [0.25, 0.3) is 0 Å². The van der Waals surface area contributed by atoms with Crippen LogP contribution >= 0.6 is 0 Å². The van der Waals surface area contributed by atoms with E-state index in [0.717, 1.165) is 63.8 Å². The zero-order valence-electron chi connectivity index (χ0n) is 16.9. The normalized spacial score (nSPS) is 34.1. The number of rotatable bonds is 3. The summed E-state index contributed by atoms with van der Waals surface area (Å²) in [4.78, 5) is 20.8. The number of phenols is 1. The highest BCUT2D eigenvalue weighted by Gasteiger charge is 2.65. The van der Waals surface area contributed by atoms with Crippen molar-refractivity contribution in [3.63, 3.8) is 0 Å². The topological polar surface area (TPSA) is 56.2 Å². The second kappa shape index (κ2) is 6.63. The molecule has 4 aliphatic heterocycles. The van der Waals surface area contributed by atoms with E-state index in [2.05, 4.69) is 27.8 Å². The lowest BCUT2D eigenvalue weighted by Crippen LogP contribution is -2.52. The van der Waals surface area contributed by atoms with Crippen LogP contribution in [0.3, 0.4) is 0 Å². The Labute approximate surface area is 167 Å². The largest absolute Gasteiger partial charge is 0.504 e. The van der Waals surface area contributed by atoms with Crippen molar-refractivity contribution in [1.82, 2.24) is 14.7 Å². The molecule has 1 spiro atoms. The minimum atomic E-state index is -0.302. The molecule has 0 unspecified atom stereocenters. The second-order valence-electron chi connectivity index (χ2n) is 9.09. The van der Waals surface area contributed by atoms with Crippen LogP contribution in [-0.2, 0) is 4.79 Å². The van der Waals surface area contributed by atoms with Crippen LogP contribution in [0, 0.1) is 5.92 Å². The molecule has 0 radical (unpaired) electrons. The highest BCUT2D eigenvalue weighted by atomic mass is 16.5. The Morgan fingerprint density at radius 3 is 2.71 bits per heavy atom. The van der Waals surface area contributed by atoms with Crippen LogP contribution in [0.4, 0.5) is 0 Å². The van der Waals surface area contributed by atoms with Gasteiger partial charge in [0.1, 0.15) is 5.54 Å². The zero-order valence-corrected chi connectivity index (χ0v) is 16.9. The number of aromatic hydroxyl groups is 1. The first kappa shape index (κ1) is 18.3. The van der Waals surface area contributed by atoms with Crippen LogP contribution in [0.15, 0.2) is 18.2 Å². The van der Waals surface area contributed by atoms with Gasteiger partial charge >= 0.3 is 0 Å². The van der Waals surface area contributed by atoms with Crippen molar-refractivity contribution in [2.24, 2.45) is 5.92 Å². The number of methoxy groups -OCH3 is 1. The third-order valence-electron chi connectivity index (χ3n) is 7.79. The average Bonchev–Trinajstić information content (AvgIpc) is 3.33. The molecular weight excluding hydrogens is 354 g/mol. The molecule has 1 aromatic carbocycles. The Morgan fingerprint density at radius 1 is 1.21 bits per heavy atom. The van der Waals surface area contributed by atoms with Crippen molar-refractivity contribution < 1.29 is 14.6 Å². The van der Waals surface area contributed by atoms with Gasteiger partial charge in [-0.15, -0.1) is 0 Å². The zero-order chi connectivity index (χ0) is 19.5. The second-order valence-corrected chi connectivity index (χ2v) is 9.09. The first-order valence-electron chi connectivity index (χ1n) is 10.7. The number of likely N-dealkylation sites (tertiary alicyclic amines) is 2. The Balaban J connectivity index is 1.41. The first-order chi connectivity index (χ1) is 13.5. The third kappa shape index (κ3) is 2.50. The summed E-state index contributed by atoms with van der Waals surface area (Å²) >= 11 is 0. The van der Waals surface area contributed by atoms with Gasteiger partial charge in [0, 0.05) is 24.5 Å². The lowest BCUT2D eigenvalue weighted by Gasteiger charge is -2.38. The van der Waals surface area contributed by atoms with Crippen molar-refractivity contribution >= 4 is 5.91 Å². The van der Waals surface area contributed by atoms with Gasteiger partial charge in [0.15, 0.2) is 11.5 Å². The van der Waals surface area contributed by atoms with Crippen molar-refractivity contribution in [3.8, 4) is 11.5 Å². The van der Waals surface area contributed by atoms with E-state index in [1.807, 2.05) is 12.1 Å². The quantitative estimate of drug-likeness (QED) is 0.865. The molecule has 0 bridgehead atoms. The van der Waals surface area contributed by atoms with Gasteiger partial charge in [-0.2, -0.15) is 0 Å². The van der Waals surface area contributed by atoms with E-state index in [1.54, 1.807) is 7.11 Å². The van der Waals surface area contributed by atoms with E-state index in [0.29, 0.717) is 23.6 Å². The predicted octanol–water partition coefficient (Wildman–Crippen LogP) is 2.23. The fourth-order valence-electron chi connectivity index (χ4n) is 6.38. The molecule has 1 N–H and O–H groups in total. The molecule has 1 amide bonds. The number of piperidine rings is 1. The van der Waals surface area contributed by atoms with E-state index in [4.69, 9.17) is 4.74 Å². The lowest BCUT2D eigenvalue weighted by molar-refractivity contribution is -0.139. The Kier molecular flexibility index (Phi) is 4.32. The molecule has 0 aromatic heterocycles. The predicted molar refractivity (Wildman–Crippen MR) is 106 cm³/mol. The fourth-order valence-corrected chi connectivity index (χ4v) is 6.38. The highest BCUT2D eigenvalue weighted by Crippen LogP contribution is 2.56. The van der Waals surface area contributed by atoms with Crippen LogP contribution in [-0.4, -0.2) is 77.6 Å². The first-order valence-corrected chi connectivity index (χ1v) is 10.7. The van der Waals surface area contributed by atoms with Gasteiger partial charge < -0.3 is 19.6 Å². The number of ether oxygens (including phenoxy) is 1. The van der Waals surface area contributed by atoms with Gasteiger partial charge in [0.2, 0.25) is 5.91 Å². The smallest absolute Gasteiger partial charge is 0.243 e. The molecule has 5 rings (SSSR count). The van der Waals surface area contributed by atoms with Crippen molar-refractivity contribution in [3.05, 3.63) is 23.8 Å². The fraction of sp³-hybridized carbons (Fsp3) is 0.682. The van der Waals surface area contributed by atoms with Crippen molar-refractivity contribution in [1.29, 1.82) is 0 Å². The summed E-state index contributed by atoms with van der Waals surface area (Å²) in [5.74, 6) is 1.47. The Morgan fingerprint density at radius 2 is 2.00 bits per heavy atom. The molecule has 4 heterocycles. The molecule has 1 aromatic rings. The maximum absolute atomic E-state index is 13.7. The van der Waals surface area contributed by atoms with E-state index >= 15 is 0 Å². The molecule has 0 aliphatic carbocycles. The van der Waals surface area contributed by atoms with E-state index in [1.165, 1.54) is 0 Å². The number of carbonyl (C=O) groups excluding carboxylic acids is 1. The Bertz CT molecular complexity index is 776. The molecule has 0 saturated carbocycles. The minimum absolute atomic E-state index is 0.185. The molecule has 4 fully saturated rings.